The van der Waals surface area contributed by atoms with E-state index in [1.54, 1.807) is 6.07 Å². The number of aliphatic carboxylic acids is 1. The lowest BCUT2D eigenvalue weighted by Gasteiger charge is -2.16. The van der Waals surface area contributed by atoms with E-state index < -0.39 is 16.2 Å². The van der Waals surface area contributed by atoms with Crippen molar-refractivity contribution >= 4 is 22.1 Å². The van der Waals surface area contributed by atoms with Gasteiger partial charge in [0.2, 0.25) is 5.95 Å². The number of anilines is 1. The number of hydrogen-bond donors (Lipinski definition) is 2. The lowest BCUT2D eigenvalue weighted by Crippen LogP contribution is -2.34. The van der Waals surface area contributed by atoms with Gasteiger partial charge in [-0.1, -0.05) is 0 Å². The van der Waals surface area contributed by atoms with Crippen LogP contribution >= 0.6 is 0 Å². The largest absolute Gasteiger partial charge is 0.481 e. The van der Waals surface area contributed by atoms with Crippen molar-refractivity contribution in [3.63, 3.8) is 0 Å². The summed E-state index contributed by atoms with van der Waals surface area (Å²) in [5, 5.41) is 8.45. The predicted molar refractivity (Wildman–Crippen MR) is 59.5 cm³/mol. The van der Waals surface area contributed by atoms with Crippen LogP contribution in [0.1, 0.15) is 6.42 Å². The molecule has 0 bridgehead atoms. The van der Waals surface area contributed by atoms with E-state index in [1.807, 2.05) is 0 Å². The van der Waals surface area contributed by atoms with Gasteiger partial charge in [-0.2, -0.15) is 12.7 Å². The summed E-state index contributed by atoms with van der Waals surface area (Å²) in [4.78, 5) is 17.7. The summed E-state index contributed by atoms with van der Waals surface area (Å²) < 4.78 is 26.3. The van der Waals surface area contributed by atoms with Gasteiger partial charge in [0.25, 0.3) is 0 Å². The molecule has 0 unspecified atom stereocenters. The molecule has 0 spiro atoms. The number of hydrogen-bond acceptors (Lipinski definition) is 5. The second-order valence-corrected chi connectivity index (χ2v) is 4.92. The van der Waals surface area contributed by atoms with Gasteiger partial charge in [0.1, 0.15) is 0 Å². The Morgan fingerprint density at radius 3 is 2.59 bits per heavy atom. The maximum atomic E-state index is 11.7. The first-order valence-corrected chi connectivity index (χ1v) is 6.09. The Kier molecular flexibility index (Phi) is 4.35. The number of carbonyl (C=O) groups is 1. The van der Waals surface area contributed by atoms with Crippen LogP contribution in [0, 0.1) is 0 Å². The van der Waals surface area contributed by atoms with Crippen LogP contribution in [0.2, 0.25) is 0 Å². The summed E-state index contributed by atoms with van der Waals surface area (Å²) in [5.74, 6) is -1.13. The molecule has 94 valence electrons. The summed E-state index contributed by atoms with van der Waals surface area (Å²) in [7, 11) is -2.54. The summed E-state index contributed by atoms with van der Waals surface area (Å²) in [6.45, 7) is -0.127. The van der Waals surface area contributed by atoms with Crippen molar-refractivity contribution in [3.8, 4) is 0 Å². The van der Waals surface area contributed by atoms with E-state index >= 15 is 0 Å². The fourth-order valence-corrected chi connectivity index (χ4v) is 1.74. The van der Waals surface area contributed by atoms with Crippen molar-refractivity contribution in [1.82, 2.24) is 14.3 Å². The Bertz CT molecular complexity index is 476. The topological polar surface area (TPSA) is 112 Å². The Hall–Kier alpha value is -1.74. The average molecular weight is 260 g/mol. The van der Waals surface area contributed by atoms with E-state index in [0.29, 0.717) is 0 Å². The Morgan fingerprint density at radius 2 is 2.06 bits per heavy atom. The molecular weight excluding hydrogens is 248 g/mol. The van der Waals surface area contributed by atoms with Crippen LogP contribution in [-0.4, -0.2) is 47.4 Å². The molecule has 0 atom stereocenters. The van der Waals surface area contributed by atoms with Gasteiger partial charge in [-0.25, -0.2) is 14.7 Å². The Balaban J connectivity index is 2.65. The standard InChI is InChI=1S/C8H12N4O4S/c1-12(6-3-7(13)14)17(15,16)11-8-9-4-2-5-10-8/h2,4-5H,3,6H2,1H3,(H,13,14)(H,9,10,11). The number of carboxylic acid groups (broad SMARTS) is 1. The molecule has 9 heteroatoms. The van der Waals surface area contributed by atoms with Gasteiger partial charge in [-0.15, -0.1) is 0 Å². The molecule has 0 fully saturated rings. The van der Waals surface area contributed by atoms with Gasteiger partial charge in [0.15, 0.2) is 0 Å². The van der Waals surface area contributed by atoms with Crippen molar-refractivity contribution in [3.05, 3.63) is 18.5 Å². The van der Waals surface area contributed by atoms with Crippen molar-refractivity contribution in [2.45, 2.75) is 6.42 Å². The normalized spacial score (nSPS) is 11.4. The second-order valence-electron chi connectivity index (χ2n) is 3.14. The van der Waals surface area contributed by atoms with E-state index in [1.165, 1.54) is 19.4 Å². The van der Waals surface area contributed by atoms with Crippen LogP contribution in [-0.2, 0) is 15.0 Å². The molecule has 0 aliphatic heterocycles. The molecule has 0 aliphatic rings. The maximum absolute atomic E-state index is 11.7. The molecule has 0 saturated carbocycles. The van der Waals surface area contributed by atoms with Gasteiger partial charge in [0.05, 0.1) is 6.42 Å². The first-order valence-electron chi connectivity index (χ1n) is 4.65. The number of aromatic nitrogens is 2. The molecule has 8 nitrogen and oxygen atoms in total. The van der Waals surface area contributed by atoms with Crippen LogP contribution in [0.5, 0.6) is 0 Å². The third kappa shape index (κ3) is 4.33. The predicted octanol–water partition coefficient (Wildman–Crippen LogP) is -0.460. The zero-order valence-corrected chi connectivity index (χ0v) is 9.88. The number of nitrogens with one attached hydrogen (secondary N) is 1. The SMILES string of the molecule is CN(CCC(=O)O)S(=O)(=O)Nc1ncccn1. The van der Waals surface area contributed by atoms with Crippen LogP contribution in [0.25, 0.3) is 0 Å². The van der Waals surface area contributed by atoms with Gasteiger partial charge < -0.3 is 5.11 Å². The molecule has 0 saturated heterocycles. The van der Waals surface area contributed by atoms with Crippen LogP contribution < -0.4 is 4.72 Å². The Morgan fingerprint density at radius 1 is 1.47 bits per heavy atom. The molecule has 1 aromatic rings. The number of carboxylic acids is 1. The minimum atomic E-state index is -3.81. The van der Waals surface area contributed by atoms with Crippen LogP contribution in [0.15, 0.2) is 18.5 Å². The molecule has 1 rings (SSSR count). The first kappa shape index (κ1) is 13.3. The highest BCUT2D eigenvalue weighted by atomic mass is 32.2. The Labute approximate surface area is 98.5 Å². The highest BCUT2D eigenvalue weighted by Crippen LogP contribution is 2.03. The fourth-order valence-electron chi connectivity index (χ4n) is 0.918. The quantitative estimate of drug-likeness (QED) is 0.715. The molecule has 2 N–H and O–H groups in total. The number of nitrogens with zero attached hydrogens (tertiary/aromatic N) is 3. The van der Waals surface area contributed by atoms with Gasteiger partial charge in [0, 0.05) is 26.0 Å². The van der Waals surface area contributed by atoms with E-state index in [2.05, 4.69) is 14.7 Å². The zero-order chi connectivity index (χ0) is 12.9. The smallest absolute Gasteiger partial charge is 0.304 e. The van der Waals surface area contributed by atoms with Gasteiger partial charge >= 0.3 is 16.2 Å². The third-order valence-corrected chi connectivity index (χ3v) is 3.28. The van der Waals surface area contributed by atoms with Crippen molar-refractivity contribution in [2.75, 3.05) is 18.3 Å². The molecule has 1 aromatic heterocycles. The van der Waals surface area contributed by atoms with E-state index in [0.717, 1.165) is 4.31 Å². The fraction of sp³-hybridized carbons (Fsp3) is 0.375. The summed E-state index contributed by atoms with van der Waals surface area (Å²) in [6, 6.07) is 1.55. The van der Waals surface area contributed by atoms with Crippen molar-refractivity contribution in [1.29, 1.82) is 0 Å². The summed E-state index contributed by atoms with van der Waals surface area (Å²) in [6.07, 6.45) is 2.51. The highest BCUT2D eigenvalue weighted by Gasteiger charge is 2.19. The minimum absolute atomic E-state index is 0.0605. The van der Waals surface area contributed by atoms with Gasteiger partial charge in [-0.05, 0) is 6.07 Å². The minimum Gasteiger partial charge on any atom is -0.481 e. The highest BCUT2D eigenvalue weighted by molar-refractivity contribution is 7.90. The molecule has 0 amide bonds. The number of rotatable bonds is 6. The van der Waals surface area contributed by atoms with Crippen LogP contribution in [0.4, 0.5) is 5.95 Å². The first-order chi connectivity index (χ1) is 7.92. The summed E-state index contributed by atoms with van der Waals surface area (Å²) in [5.41, 5.74) is 0. The molecule has 0 aromatic carbocycles. The van der Waals surface area contributed by atoms with E-state index in [9.17, 15) is 13.2 Å². The molecule has 0 radical (unpaired) electrons. The van der Waals surface area contributed by atoms with Gasteiger partial charge in [-0.3, -0.25) is 4.79 Å². The average Bonchev–Trinajstić information content (AvgIpc) is 2.26. The van der Waals surface area contributed by atoms with E-state index in [-0.39, 0.29) is 18.9 Å². The lowest BCUT2D eigenvalue weighted by molar-refractivity contribution is -0.137. The lowest BCUT2D eigenvalue weighted by atomic mass is 10.4. The molecule has 17 heavy (non-hydrogen) atoms. The van der Waals surface area contributed by atoms with Crippen molar-refractivity contribution in [2.24, 2.45) is 0 Å². The monoisotopic (exact) mass is 260 g/mol. The maximum Gasteiger partial charge on any atom is 0.304 e. The summed E-state index contributed by atoms with van der Waals surface area (Å²) >= 11 is 0. The zero-order valence-electron chi connectivity index (χ0n) is 9.07. The molecular formula is C8H12N4O4S. The van der Waals surface area contributed by atoms with E-state index in [4.69, 9.17) is 5.11 Å². The second kappa shape index (κ2) is 5.55. The molecule has 1 heterocycles. The van der Waals surface area contributed by atoms with Crippen molar-refractivity contribution < 1.29 is 18.3 Å². The van der Waals surface area contributed by atoms with Crippen LogP contribution in [0.3, 0.4) is 0 Å². The molecule has 0 aliphatic carbocycles. The third-order valence-electron chi connectivity index (χ3n) is 1.84.